The van der Waals surface area contributed by atoms with Crippen molar-refractivity contribution in [1.29, 1.82) is 0 Å². The van der Waals surface area contributed by atoms with Gasteiger partial charge in [-0.15, -0.1) is 11.8 Å². The molecule has 1 aliphatic heterocycles. The summed E-state index contributed by atoms with van der Waals surface area (Å²) in [6.07, 6.45) is 2.11. The summed E-state index contributed by atoms with van der Waals surface area (Å²) in [4.78, 5) is 12.0. The van der Waals surface area contributed by atoms with Gasteiger partial charge in [-0.3, -0.25) is 4.79 Å². The quantitative estimate of drug-likeness (QED) is 0.786. The molecule has 15 heavy (non-hydrogen) atoms. The van der Waals surface area contributed by atoms with Crippen molar-refractivity contribution in [1.82, 2.24) is 5.32 Å². The Morgan fingerprint density at radius 2 is 2.47 bits per heavy atom. The van der Waals surface area contributed by atoms with E-state index < -0.39 is 0 Å². The molecule has 1 aliphatic rings. The minimum atomic E-state index is -0.228. The molecule has 1 fully saturated rings. The van der Waals surface area contributed by atoms with Gasteiger partial charge in [-0.2, -0.15) is 0 Å². The van der Waals surface area contributed by atoms with Gasteiger partial charge >= 0.3 is 0 Å². The highest BCUT2D eigenvalue weighted by atomic mass is 79.9. The fourth-order valence-corrected chi connectivity index (χ4v) is 3.19. The zero-order chi connectivity index (χ0) is 11.3. The summed E-state index contributed by atoms with van der Waals surface area (Å²) in [5.74, 6) is 1.24. The molecule has 1 heterocycles. The molecule has 0 aromatic rings. The molecular formula is C10H18BrNO2S. The van der Waals surface area contributed by atoms with Crippen molar-refractivity contribution < 1.29 is 9.53 Å². The molecule has 0 spiro atoms. The number of nitrogens with one attached hydrogen (secondary N) is 1. The van der Waals surface area contributed by atoms with Crippen LogP contribution < -0.4 is 5.32 Å². The third-order valence-corrected chi connectivity index (χ3v) is 4.89. The second-order valence-corrected chi connectivity index (χ2v) is 6.21. The van der Waals surface area contributed by atoms with Crippen LogP contribution in [0.4, 0.5) is 0 Å². The Kier molecular flexibility index (Phi) is 5.43. The number of methoxy groups -OCH3 is 1. The molecule has 5 heteroatoms. The Bertz CT molecular complexity index is 219. The van der Waals surface area contributed by atoms with E-state index in [2.05, 4.69) is 21.2 Å². The molecule has 0 bridgehead atoms. The van der Waals surface area contributed by atoms with E-state index in [1.807, 2.05) is 6.92 Å². The van der Waals surface area contributed by atoms with Crippen LogP contribution in [-0.4, -0.2) is 41.5 Å². The van der Waals surface area contributed by atoms with Crippen LogP contribution in [0.5, 0.6) is 0 Å². The minimum absolute atomic E-state index is 0.0699. The highest BCUT2D eigenvalue weighted by Crippen LogP contribution is 2.37. The van der Waals surface area contributed by atoms with Crippen LogP contribution in [0.1, 0.15) is 19.8 Å². The maximum Gasteiger partial charge on any atom is 0.236 e. The number of ether oxygens (including phenoxy) is 1. The van der Waals surface area contributed by atoms with Crippen LogP contribution in [0.15, 0.2) is 0 Å². The van der Waals surface area contributed by atoms with Crippen molar-refractivity contribution in [3.8, 4) is 0 Å². The molecule has 1 N–H and O–H groups in total. The smallest absolute Gasteiger partial charge is 0.236 e. The van der Waals surface area contributed by atoms with Crippen molar-refractivity contribution in [3.05, 3.63) is 0 Å². The average Bonchev–Trinajstić information content (AvgIpc) is 2.65. The first-order valence-electron chi connectivity index (χ1n) is 5.12. The molecule has 3 nitrogen and oxygen atoms in total. The number of thioether (sulfide) groups is 1. The van der Waals surface area contributed by atoms with Gasteiger partial charge < -0.3 is 10.1 Å². The zero-order valence-electron chi connectivity index (χ0n) is 9.22. The van der Waals surface area contributed by atoms with Crippen LogP contribution in [0.3, 0.4) is 0 Å². The normalized spacial score (nSPS) is 27.7. The van der Waals surface area contributed by atoms with Crippen molar-refractivity contribution in [2.24, 2.45) is 0 Å². The largest absolute Gasteiger partial charge is 0.383 e. The van der Waals surface area contributed by atoms with Crippen molar-refractivity contribution in [2.75, 3.05) is 24.8 Å². The molecular weight excluding hydrogens is 278 g/mol. The highest BCUT2D eigenvalue weighted by molar-refractivity contribution is 9.09. The monoisotopic (exact) mass is 295 g/mol. The molecule has 0 radical (unpaired) electrons. The van der Waals surface area contributed by atoms with E-state index in [-0.39, 0.29) is 16.7 Å². The van der Waals surface area contributed by atoms with Crippen molar-refractivity contribution in [3.63, 3.8) is 0 Å². The second-order valence-electron chi connectivity index (χ2n) is 3.96. The van der Waals surface area contributed by atoms with Gasteiger partial charge in [0.2, 0.25) is 5.91 Å². The summed E-state index contributed by atoms with van der Waals surface area (Å²) in [6.45, 7) is 2.58. The van der Waals surface area contributed by atoms with E-state index in [0.29, 0.717) is 6.61 Å². The van der Waals surface area contributed by atoms with E-state index >= 15 is 0 Å². The third kappa shape index (κ3) is 3.64. The minimum Gasteiger partial charge on any atom is -0.383 e. The van der Waals surface area contributed by atoms with E-state index in [9.17, 15) is 4.79 Å². The lowest BCUT2D eigenvalue weighted by atomic mass is 10.0. The Hall–Kier alpha value is 0.260. The topological polar surface area (TPSA) is 38.3 Å². The van der Waals surface area contributed by atoms with Gasteiger partial charge in [0.1, 0.15) is 0 Å². The number of amides is 1. The van der Waals surface area contributed by atoms with E-state index in [4.69, 9.17) is 4.74 Å². The van der Waals surface area contributed by atoms with Gasteiger partial charge in [0, 0.05) is 12.4 Å². The van der Waals surface area contributed by atoms with Crippen molar-refractivity contribution >= 4 is 33.6 Å². The standard InChI is InChI=1S/C10H18BrNO2S/c1-10(4-3-5-15-10)9(13)12-8(6-11)7-14-2/h8H,3-7H2,1-2H3,(H,12,13). The molecule has 1 amide bonds. The van der Waals surface area contributed by atoms with Gasteiger partial charge in [0.05, 0.1) is 17.4 Å². The van der Waals surface area contributed by atoms with Gasteiger partial charge in [-0.05, 0) is 25.5 Å². The van der Waals surface area contributed by atoms with E-state index in [1.54, 1.807) is 18.9 Å². The predicted octanol–water partition coefficient (Wildman–Crippen LogP) is 1.80. The van der Waals surface area contributed by atoms with Crippen LogP contribution in [-0.2, 0) is 9.53 Å². The molecule has 0 aromatic carbocycles. The summed E-state index contributed by atoms with van der Waals surface area (Å²) in [5, 5.41) is 3.75. The maximum absolute atomic E-state index is 12.0. The Morgan fingerprint density at radius 3 is 2.93 bits per heavy atom. The fourth-order valence-electron chi connectivity index (χ4n) is 1.62. The van der Waals surface area contributed by atoms with Crippen LogP contribution in [0.2, 0.25) is 0 Å². The molecule has 2 unspecified atom stereocenters. The number of hydrogen-bond donors (Lipinski definition) is 1. The van der Waals surface area contributed by atoms with Crippen LogP contribution in [0.25, 0.3) is 0 Å². The lowest BCUT2D eigenvalue weighted by molar-refractivity contribution is -0.124. The lowest BCUT2D eigenvalue weighted by Gasteiger charge is -2.25. The first-order valence-corrected chi connectivity index (χ1v) is 7.23. The second kappa shape index (κ2) is 6.11. The van der Waals surface area contributed by atoms with Gasteiger partial charge in [-0.25, -0.2) is 0 Å². The highest BCUT2D eigenvalue weighted by Gasteiger charge is 2.37. The maximum atomic E-state index is 12.0. The van der Waals surface area contributed by atoms with Gasteiger partial charge in [0.15, 0.2) is 0 Å². The SMILES string of the molecule is COCC(CBr)NC(=O)C1(C)CCCS1. The third-order valence-electron chi connectivity index (χ3n) is 2.59. The van der Waals surface area contributed by atoms with Gasteiger partial charge in [-0.1, -0.05) is 15.9 Å². The van der Waals surface area contributed by atoms with E-state index in [1.165, 1.54) is 0 Å². The molecule has 88 valence electrons. The summed E-state index contributed by atoms with van der Waals surface area (Å²) in [5.41, 5.74) is 0. The number of hydrogen-bond acceptors (Lipinski definition) is 3. The van der Waals surface area contributed by atoms with Gasteiger partial charge in [0.25, 0.3) is 0 Å². The van der Waals surface area contributed by atoms with E-state index in [0.717, 1.165) is 23.9 Å². The molecule has 0 aliphatic carbocycles. The molecule has 1 saturated heterocycles. The van der Waals surface area contributed by atoms with Crippen LogP contribution >= 0.6 is 27.7 Å². The Labute approximate surface area is 104 Å². The molecule has 1 rings (SSSR count). The van der Waals surface area contributed by atoms with Crippen molar-refractivity contribution in [2.45, 2.75) is 30.6 Å². The first-order chi connectivity index (χ1) is 7.12. The summed E-state index contributed by atoms with van der Waals surface area (Å²) < 4.78 is 4.81. The molecule has 0 aromatic heterocycles. The predicted molar refractivity (Wildman–Crippen MR) is 67.7 cm³/mol. The summed E-state index contributed by atoms with van der Waals surface area (Å²) in [7, 11) is 1.65. The summed E-state index contributed by atoms with van der Waals surface area (Å²) in [6, 6.07) is 0.0699. The Balaban J connectivity index is 2.45. The number of halogens is 1. The molecule has 0 saturated carbocycles. The molecule has 2 atom stereocenters. The number of rotatable bonds is 5. The lowest BCUT2D eigenvalue weighted by Crippen LogP contribution is -2.47. The zero-order valence-corrected chi connectivity index (χ0v) is 11.6. The average molecular weight is 296 g/mol. The first kappa shape index (κ1) is 13.3. The number of carbonyl (C=O) groups excluding carboxylic acids is 1. The number of carbonyl (C=O) groups is 1. The van der Waals surface area contributed by atoms with Crippen LogP contribution in [0, 0.1) is 0 Å². The fraction of sp³-hybridized carbons (Fsp3) is 0.900. The number of alkyl halides is 1. The Morgan fingerprint density at radius 1 is 1.73 bits per heavy atom. The summed E-state index contributed by atoms with van der Waals surface area (Å²) >= 11 is 5.13.